The first-order valence-electron chi connectivity index (χ1n) is 10.3. The van der Waals surface area contributed by atoms with Crippen molar-refractivity contribution in [3.63, 3.8) is 0 Å². The number of pyridine rings is 1. The van der Waals surface area contributed by atoms with E-state index in [2.05, 4.69) is 9.88 Å². The van der Waals surface area contributed by atoms with E-state index in [9.17, 15) is 4.79 Å². The van der Waals surface area contributed by atoms with E-state index in [0.29, 0.717) is 18.4 Å². The Labute approximate surface area is 166 Å². The van der Waals surface area contributed by atoms with E-state index in [1.807, 2.05) is 23.9 Å². The maximum atomic E-state index is 12.8. The SMILES string of the molecule is O=C(C1CCSCC1)N1CCC2(CC1)OCC[C@H]2CCOc1cccnc1. The van der Waals surface area contributed by atoms with Gasteiger partial charge in [0, 0.05) is 31.8 Å². The summed E-state index contributed by atoms with van der Waals surface area (Å²) in [6.45, 7) is 3.24. The molecule has 0 radical (unpaired) electrons. The van der Waals surface area contributed by atoms with Crippen LogP contribution in [0.25, 0.3) is 0 Å². The first kappa shape index (κ1) is 19.1. The van der Waals surface area contributed by atoms with Crippen molar-refractivity contribution in [1.29, 1.82) is 0 Å². The molecule has 1 amide bonds. The van der Waals surface area contributed by atoms with Crippen LogP contribution in [0.5, 0.6) is 5.75 Å². The van der Waals surface area contributed by atoms with E-state index < -0.39 is 0 Å². The van der Waals surface area contributed by atoms with E-state index >= 15 is 0 Å². The van der Waals surface area contributed by atoms with Gasteiger partial charge >= 0.3 is 0 Å². The molecule has 0 unspecified atom stereocenters. The van der Waals surface area contributed by atoms with Gasteiger partial charge < -0.3 is 14.4 Å². The van der Waals surface area contributed by atoms with E-state index in [1.54, 1.807) is 12.4 Å². The molecule has 3 aliphatic rings. The molecule has 5 nitrogen and oxygen atoms in total. The number of hydrogen-bond acceptors (Lipinski definition) is 5. The Morgan fingerprint density at radius 1 is 1.30 bits per heavy atom. The molecule has 6 heteroatoms. The normalized spacial score (nSPS) is 25.6. The lowest BCUT2D eigenvalue weighted by molar-refractivity contribution is -0.142. The van der Waals surface area contributed by atoms with Gasteiger partial charge in [0.15, 0.2) is 0 Å². The summed E-state index contributed by atoms with van der Waals surface area (Å²) in [7, 11) is 0. The van der Waals surface area contributed by atoms with Crippen LogP contribution in [0, 0.1) is 11.8 Å². The Hall–Kier alpha value is -1.27. The minimum Gasteiger partial charge on any atom is -0.492 e. The first-order valence-corrected chi connectivity index (χ1v) is 11.5. The Bertz CT molecular complexity index is 613. The molecule has 3 fully saturated rings. The fourth-order valence-electron chi connectivity index (χ4n) is 4.81. The average molecular weight is 391 g/mol. The van der Waals surface area contributed by atoms with Crippen LogP contribution >= 0.6 is 11.8 Å². The summed E-state index contributed by atoms with van der Waals surface area (Å²) in [5.41, 5.74) is -0.0442. The number of carbonyl (C=O) groups is 1. The van der Waals surface area contributed by atoms with Crippen LogP contribution in [0.3, 0.4) is 0 Å². The molecule has 1 aromatic heterocycles. The minimum atomic E-state index is -0.0442. The van der Waals surface area contributed by atoms with Gasteiger partial charge in [-0.15, -0.1) is 0 Å². The number of nitrogens with zero attached hydrogens (tertiary/aromatic N) is 2. The highest BCUT2D eigenvalue weighted by Crippen LogP contribution is 2.42. The molecule has 3 aliphatic heterocycles. The van der Waals surface area contributed by atoms with Crippen LogP contribution in [0.2, 0.25) is 0 Å². The molecule has 0 bridgehead atoms. The highest BCUT2D eigenvalue weighted by Gasteiger charge is 2.46. The zero-order valence-electron chi connectivity index (χ0n) is 16.0. The molecule has 3 saturated heterocycles. The summed E-state index contributed by atoms with van der Waals surface area (Å²) >= 11 is 1.98. The maximum absolute atomic E-state index is 12.8. The largest absolute Gasteiger partial charge is 0.492 e. The third-order valence-corrected chi connectivity index (χ3v) is 7.51. The average Bonchev–Trinajstić information content (AvgIpc) is 3.11. The van der Waals surface area contributed by atoms with Gasteiger partial charge in [0.05, 0.1) is 18.4 Å². The van der Waals surface area contributed by atoms with Crippen molar-refractivity contribution in [3.8, 4) is 5.75 Å². The van der Waals surface area contributed by atoms with Crippen LogP contribution in [-0.4, -0.2) is 59.2 Å². The zero-order chi connectivity index (χ0) is 18.5. The van der Waals surface area contributed by atoms with Crippen molar-refractivity contribution in [2.45, 2.75) is 44.1 Å². The molecule has 4 heterocycles. The minimum absolute atomic E-state index is 0.0442. The number of rotatable bonds is 5. The standard InChI is InChI=1S/C21H30N2O3S/c24-20(17-5-14-27-15-6-17)23-10-7-21(8-11-23)18(4-13-26-21)3-12-25-19-2-1-9-22-16-19/h1-2,9,16-18H,3-8,10-15H2/t18-/m1/s1. The van der Waals surface area contributed by atoms with Gasteiger partial charge in [-0.3, -0.25) is 9.78 Å². The molecule has 0 N–H and O–H groups in total. The molecule has 148 valence electrons. The quantitative estimate of drug-likeness (QED) is 0.771. The van der Waals surface area contributed by atoms with E-state index in [-0.39, 0.29) is 11.5 Å². The summed E-state index contributed by atoms with van der Waals surface area (Å²) < 4.78 is 12.1. The lowest BCUT2D eigenvalue weighted by Crippen LogP contribution is -2.51. The van der Waals surface area contributed by atoms with Crippen molar-refractivity contribution in [1.82, 2.24) is 9.88 Å². The Morgan fingerprint density at radius 3 is 2.85 bits per heavy atom. The van der Waals surface area contributed by atoms with Gasteiger partial charge in [-0.1, -0.05) is 0 Å². The number of amides is 1. The maximum Gasteiger partial charge on any atom is 0.225 e. The highest BCUT2D eigenvalue weighted by atomic mass is 32.2. The number of ether oxygens (including phenoxy) is 2. The van der Waals surface area contributed by atoms with E-state index in [1.165, 1.54) is 0 Å². The molecule has 0 saturated carbocycles. The predicted octanol–water partition coefficient (Wildman–Crippen LogP) is 3.39. The smallest absolute Gasteiger partial charge is 0.225 e. The van der Waals surface area contributed by atoms with Gasteiger partial charge in [-0.05, 0) is 68.1 Å². The van der Waals surface area contributed by atoms with Crippen molar-refractivity contribution >= 4 is 17.7 Å². The van der Waals surface area contributed by atoms with Crippen LogP contribution in [-0.2, 0) is 9.53 Å². The van der Waals surface area contributed by atoms with E-state index in [4.69, 9.17) is 9.47 Å². The zero-order valence-corrected chi connectivity index (χ0v) is 16.8. The summed E-state index contributed by atoms with van der Waals surface area (Å²) in [4.78, 5) is 19.0. The number of thioether (sulfide) groups is 1. The highest BCUT2D eigenvalue weighted by molar-refractivity contribution is 7.99. The Kier molecular flexibility index (Phi) is 6.23. The van der Waals surface area contributed by atoms with Gasteiger partial charge in [0.25, 0.3) is 0 Å². The summed E-state index contributed by atoms with van der Waals surface area (Å²) in [5, 5.41) is 0. The van der Waals surface area contributed by atoms with Crippen molar-refractivity contribution < 1.29 is 14.3 Å². The lowest BCUT2D eigenvalue weighted by Gasteiger charge is -2.43. The van der Waals surface area contributed by atoms with Crippen molar-refractivity contribution in [3.05, 3.63) is 24.5 Å². The molecule has 1 spiro atoms. The first-order chi connectivity index (χ1) is 13.3. The third kappa shape index (κ3) is 4.43. The second kappa shape index (κ2) is 8.82. The molecule has 27 heavy (non-hydrogen) atoms. The summed E-state index contributed by atoms with van der Waals surface area (Å²) in [6, 6.07) is 3.84. The number of hydrogen-bond donors (Lipinski definition) is 0. The fourth-order valence-corrected chi connectivity index (χ4v) is 5.91. The number of piperidine rings is 1. The second-order valence-electron chi connectivity index (χ2n) is 7.94. The molecule has 1 aromatic rings. The number of aromatic nitrogens is 1. The second-order valence-corrected chi connectivity index (χ2v) is 9.16. The molecule has 1 atom stereocenters. The Balaban J connectivity index is 1.27. The van der Waals surface area contributed by atoms with Gasteiger partial charge in [0.2, 0.25) is 5.91 Å². The third-order valence-electron chi connectivity index (χ3n) is 6.46. The van der Waals surface area contributed by atoms with Crippen LogP contribution in [0.4, 0.5) is 0 Å². The molecule has 0 aromatic carbocycles. The van der Waals surface area contributed by atoms with Gasteiger partial charge in [0.1, 0.15) is 5.75 Å². The van der Waals surface area contributed by atoms with Gasteiger partial charge in [-0.2, -0.15) is 11.8 Å². The lowest BCUT2D eigenvalue weighted by atomic mass is 9.78. The fraction of sp³-hybridized carbons (Fsp3) is 0.714. The number of carbonyl (C=O) groups excluding carboxylic acids is 1. The molecular weight excluding hydrogens is 360 g/mol. The van der Waals surface area contributed by atoms with E-state index in [0.717, 1.165) is 75.5 Å². The van der Waals surface area contributed by atoms with Crippen LogP contribution in [0.1, 0.15) is 38.5 Å². The predicted molar refractivity (Wildman–Crippen MR) is 107 cm³/mol. The van der Waals surface area contributed by atoms with Crippen LogP contribution in [0.15, 0.2) is 24.5 Å². The molecule has 0 aliphatic carbocycles. The summed E-state index contributed by atoms with van der Waals surface area (Å²) in [5.74, 6) is 4.27. The van der Waals surface area contributed by atoms with Crippen LogP contribution < -0.4 is 4.74 Å². The monoisotopic (exact) mass is 390 g/mol. The Morgan fingerprint density at radius 2 is 2.11 bits per heavy atom. The summed E-state index contributed by atoms with van der Waals surface area (Å²) in [6.07, 6.45) is 9.66. The molecule has 4 rings (SSSR count). The molecular formula is C21H30N2O3S. The number of likely N-dealkylation sites (tertiary alicyclic amines) is 1. The van der Waals surface area contributed by atoms with Crippen molar-refractivity contribution in [2.24, 2.45) is 11.8 Å². The topological polar surface area (TPSA) is 51.7 Å². The van der Waals surface area contributed by atoms with Crippen molar-refractivity contribution in [2.75, 3.05) is 37.8 Å². The van der Waals surface area contributed by atoms with Gasteiger partial charge in [-0.25, -0.2) is 0 Å².